The van der Waals surface area contributed by atoms with E-state index in [4.69, 9.17) is 5.11 Å². The van der Waals surface area contributed by atoms with Crippen molar-refractivity contribution in [2.75, 3.05) is 5.32 Å². The number of carboxylic acid groups (broad SMARTS) is 2. The Morgan fingerprint density at radius 1 is 0.750 bits per heavy atom. The topological polar surface area (TPSA) is 164 Å². The summed E-state index contributed by atoms with van der Waals surface area (Å²) in [5.74, 6) is -4.31. The maximum Gasteiger partial charge on any atom is 0.336 e. The molecule has 0 aromatic heterocycles. The smallest absolute Gasteiger partial charge is 0.336 e. The average Bonchev–Trinajstić information content (AvgIpc) is 2.78. The third-order valence-electron chi connectivity index (χ3n) is 4.48. The number of aromatic carboxylic acids is 2. The largest absolute Gasteiger partial charge is 0.478 e. The number of carbonyl (C=O) groups is 4. The number of carbonyl (C=O) groups excluding carboxylic acids is 2. The van der Waals surface area contributed by atoms with Crippen LogP contribution in [-0.4, -0.2) is 38.8 Å². The van der Waals surface area contributed by atoms with Crippen LogP contribution in [0.1, 0.15) is 47.0 Å². The van der Waals surface area contributed by atoms with Crippen LogP contribution in [0.4, 0.5) is 11.4 Å². The van der Waals surface area contributed by atoms with E-state index in [1.807, 2.05) is 0 Å². The summed E-state index contributed by atoms with van der Waals surface area (Å²) in [4.78, 5) is 58.5. The highest BCUT2D eigenvalue weighted by Gasteiger charge is 2.21. The SMILES string of the molecule is O=C(Nc1ccccc1C(=O)c1ccc(C(=O)O)c(C(=O)O)c1)c1cccc([N+](=O)[O-])c1. The van der Waals surface area contributed by atoms with Crippen LogP contribution in [-0.2, 0) is 0 Å². The molecule has 10 heteroatoms. The summed E-state index contributed by atoms with van der Waals surface area (Å²) in [7, 11) is 0. The fourth-order valence-corrected chi connectivity index (χ4v) is 2.95. The summed E-state index contributed by atoms with van der Waals surface area (Å²) in [6.07, 6.45) is 0. The van der Waals surface area contributed by atoms with E-state index in [9.17, 15) is 34.4 Å². The van der Waals surface area contributed by atoms with Gasteiger partial charge in [-0.1, -0.05) is 24.3 Å². The number of nitrogens with one attached hydrogen (secondary N) is 1. The number of nitrogens with zero attached hydrogens (tertiary/aromatic N) is 1. The molecule has 3 N–H and O–H groups in total. The predicted octanol–water partition coefficient (Wildman–Crippen LogP) is 3.47. The van der Waals surface area contributed by atoms with Crippen LogP contribution in [0.5, 0.6) is 0 Å². The van der Waals surface area contributed by atoms with Crippen molar-refractivity contribution < 1.29 is 34.3 Å². The second kappa shape index (κ2) is 8.88. The van der Waals surface area contributed by atoms with Gasteiger partial charge in [0.05, 0.1) is 21.7 Å². The van der Waals surface area contributed by atoms with Gasteiger partial charge >= 0.3 is 11.9 Å². The van der Waals surface area contributed by atoms with E-state index < -0.39 is 39.7 Å². The fraction of sp³-hybridized carbons (Fsp3) is 0. The first-order chi connectivity index (χ1) is 15.2. The molecule has 0 aliphatic carbocycles. The summed E-state index contributed by atoms with van der Waals surface area (Å²) in [5, 5.41) is 31.8. The van der Waals surface area contributed by atoms with E-state index in [0.29, 0.717) is 0 Å². The van der Waals surface area contributed by atoms with Crippen LogP contribution < -0.4 is 5.32 Å². The summed E-state index contributed by atoms with van der Waals surface area (Å²) >= 11 is 0. The molecule has 0 bridgehead atoms. The molecule has 1 amide bonds. The number of para-hydroxylation sites is 1. The van der Waals surface area contributed by atoms with E-state index in [1.165, 1.54) is 42.5 Å². The van der Waals surface area contributed by atoms with Crippen molar-refractivity contribution in [2.24, 2.45) is 0 Å². The average molecular weight is 434 g/mol. The Hall–Kier alpha value is -4.86. The number of non-ortho nitro benzene ring substituents is 1. The summed E-state index contributed by atoms with van der Waals surface area (Å²) in [6.45, 7) is 0. The Labute approximate surface area is 179 Å². The van der Waals surface area contributed by atoms with Crippen molar-refractivity contribution in [1.82, 2.24) is 0 Å². The van der Waals surface area contributed by atoms with Crippen LogP contribution in [0, 0.1) is 10.1 Å². The monoisotopic (exact) mass is 434 g/mol. The Bertz CT molecular complexity index is 1280. The molecule has 32 heavy (non-hydrogen) atoms. The molecule has 0 aliphatic heterocycles. The minimum atomic E-state index is -1.51. The van der Waals surface area contributed by atoms with E-state index in [-0.39, 0.29) is 28.1 Å². The molecule has 0 fully saturated rings. The van der Waals surface area contributed by atoms with Gasteiger partial charge in [-0.2, -0.15) is 0 Å². The van der Waals surface area contributed by atoms with Gasteiger partial charge < -0.3 is 15.5 Å². The molecule has 3 aromatic rings. The summed E-state index contributed by atoms with van der Waals surface area (Å²) < 4.78 is 0. The number of ketones is 1. The van der Waals surface area contributed by atoms with Gasteiger partial charge in [0.15, 0.2) is 5.78 Å². The number of hydrogen-bond acceptors (Lipinski definition) is 6. The Morgan fingerprint density at radius 3 is 2.09 bits per heavy atom. The lowest BCUT2D eigenvalue weighted by Gasteiger charge is -2.11. The lowest BCUT2D eigenvalue weighted by atomic mass is 9.97. The number of nitro benzene ring substituents is 1. The van der Waals surface area contributed by atoms with Crippen LogP contribution in [0.25, 0.3) is 0 Å². The predicted molar refractivity (Wildman–Crippen MR) is 111 cm³/mol. The molecule has 3 rings (SSSR count). The van der Waals surface area contributed by atoms with Gasteiger partial charge in [-0.05, 0) is 30.3 Å². The molecule has 0 atom stereocenters. The first-order valence-corrected chi connectivity index (χ1v) is 8.99. The van der Waals surface area contributed by atoms with Crippen molar-refractivity contribution in [3.63, 3.8) is 0 Å². The number of amides is 1. The van der Waals surface area contributed by atoms with E-state index in [0.717, 1.165) is 18.2 Å². The van der Waals surface area contributed by atoms with E-state index in [1.54, 1.807) is 6.07 Å². The van der Waals surface area contributed by atoms with Crippen molar-refractivity contribution in [2.45, 2.75) is 0 Å². The van der Waals surface area contributed by atoms with Crippen LogP contribution in [0.15, 0.2) is 66.7 Å². The molecule has 0 saturated carbocycles. The van der Waals surface area contributed by atoms with Crippen molar-refractivity contribution in [3.05, 3.63) is 105 Å². The normalized spacial score (nSPS) is 10.2. The Morgan fingerprint density at radius 2 is 1.44 bits per heavy atom. The van der Waals surface area contributed by atoms with E-state index >= 15 is 0 Å². The Balaban J connectivity index is 1.95. The van der Waals surface area contributed by atoms with E-state index in [2.05, 4.69) is 5.32 Å². The highest BCUT2D eigenvalue weighted by molar-refractivity contribution is 6.16. The molecule has 0 saturated heterocycles. The molecule has 0 unspecified atom stereocenters. The summed E-state index contributed by atoms with van der Waals surface area (Å²) in [5.41, 5.74) is -1.28. The molecule has 0 spiro atoms. The third kappa shape index (κ3) is 4.49. The van der Waals surface area contributed by atoms with Gasteiger partial charge in [0.25, 0.3) is 11.6 Å². The molecule has 10 nitrogen and oxygen atoms in total. The van der Waals surface area contributed by atoms with Gasteiger partial charge in [0, 0.05) is 28.8 Å². The van der Waals surface area contributed by atoms with Crippen molar-refractivity contribution >= 4 is 35.0 Å². The minimum Gasteiger partial charge on any atom is -0.478 e. The highest BCUT2D eigenvalue weighted by Crippen LogP contribution is 2.23. The summed E-state index contributed by atoms with van der Waals surface area (Å²) in [6, 6.07) is 14.1. The lowest BCUT2D eigenvalue weighted by molar-refractivity contribution is -0.384. The zero-order chi connectivity index (χ0) is 23.4. The van der Waals surface area contributed by atoms with Gasteiger partial charge in [-0.15, -0.1) is 0 Å². The molecule has 0 radical (unpaired) electrons. The first kappa shape index (κ1) is 21.8. The molecule has 0 aliphatic rings. The number of benzene rings is 3. The standard InChI is InChI=1S/C22H14N2O8/c25-19(12-8-9-15(21(27)28)17(11-12)22(29)30)16-6-1-2-7-18(16)23-20(26)13-4-3-5-14(10-13)24(31)32/h1-11H,(H,23,26)(H,27,28)(H,29,30). The number of hydrogen-bond donors (Lipinski definition) is 3. The maximum atomic E-state index is 13.0. The fourth-order valence-electron chi connectivity index (χ4n) is 2.95. The molecule has 0 heterocycles. The second-order valence-corrected chi connectivity index (χ2v) is 6.51. The number of anilines is 1. The minimum absolute atomic E-state index is 0.000395. The van der Waals surface area contributed by atoms with Gasteiger partial charge in [-0.25, -0.2) is 9.59 Å². The highest BCUT2D eigenvalue weighted by atomic mass is 16.6. The first-order valence-electron chi connectivity index (χ1n) is 8.99. The maximum absolute atomic E-state index is 13.0. The molecular formula is C22H14N2O8. The van der Waals surface area contributed by atoms with Crippen LogP contribution in [0.2, 0.25) is 0 Å². The molecule has 160 valence electrons. The van der Waals surface area contributed by atoms with Gasteiger partial charge in [0.2, 0.25) is 0 Å². The molecular weight excluding hydrogens is 420 g/mol. The number of nitro groups is 1. The second-order valence-electron chi connectivity index (χ2n) is 6.51. The lowest BCUT2D eigenvalue weighted by Crippen LogP contribution is -2.16. The van der Waals surface area contributed by atoms with Crippen LogP contribution >= 0.6 is 0 Å². The van der Waals surface area contributed by atoms with Crippen molar-refractivity contribution in [3.8, 4) is 0 Å². The third-order valence-corrected chi connectivity index (χ3v) is 4.48. The number of rotatable bonds is 7. The quantitative estimate of drug-likeness (QED) is 0.289. The zero-order valence-electron chi connectivity index (χ0n) is 16.1. The van der Waals surface area contributed by atoms with Crippen molar-refractivity contribution in [1.29, 1.82) is 0 Å². The van der Waals surface area contributed by atoms with Crippen LogP contribution in [0.3, 0.4) is 0 Å². The molecule has 3 aromatic carbocycles. The van der Waals surface area contributed by atoms with Gasteiger partial charge in [-0.3, -0.25) is 19.7 Å². The number of carboxylic acids is 2. The zero-order valence-corrected chi connectivity index (χ0v) is 16.1. The Kier molecular flexibility index (Phi) is 6.06. The van der Waals surface area contributed by atoms with Gasteiger partial charge in [0.1, 0.15) is 0 Å².